The smallest absolute Gasteiger partial charge is 0.175 e. The Morgan fingerprint density at radius 3 is 2.52 bits per heavy atom. The maximum Gasteiger partial charge on any atom is 0.175 e. The normalized spacial score (nSPS) is 11.1. The van der Waals surface area contributed by atoms with Crippen molar-refractivity contribution >= 4 is 50.4 Å². The fourth-order valence-electron chi connectivity index (χ4n) is 2.82. The lowest BCUT2D eigenvalue weighted by molar-refractivity contribution is 0.267. The van der Waals surface area contributed by atoms with Crippen LogP contribution in [0.2, 0.25) is 0 Å². The van der Waals surface area contributed by atoms with Crippen molar-refractivity contribution in [3.63, 3.8) is 0 Å². The van der Waals surface area contributed by atoms with Crippen molar-refractivity contribution in [1.82, 2.24) is 0 Å². The second kappa shape index (κ2) is 10.3. The number of aryl methyl sites for hydroxylation is 1. The van der Waals surface area contributed by atoms with Gasteiger partial charge in [0.2, 0.25) is 0 Å². The zero-order chi connectivity index (χ0) is 20.8. The number of nitrogens with zero attached hydrogens (tertiary/aromatic N) is 1. The zero-order valence-electron chi connectivity index (χ0n) is 16.7. The van der Waals surface area contributed by atoms with Crippen molar-refractivity contribution in [2.45, 2.75) is 27.4 Å². The molecule has 0 aromatic heterocycles. The molecule has 0 aliphatic rings. The van der Waals surface area contributed by atoms with Crippen LogP contribution in [0.1, 0.15) is 29.2 Å². The van der Waals surface area contributed by atoms with Crippen LogP contribution in [-0.2, 0) is 6.61 Å². The van der Waals surface area contributed by atoms with Gasteiger partial charge in [0.25, 0.3) is 0 Å². The molecule has 0 aliphatic carbocycles. The predicted octanol–water partition coefficient (Wildman–Crippen LogP) is 7.40. The van der Waals surface area contributed by atoms with Crippen molar-refractivity contribution in [2.75, 3.05) is 6.61 Å². The van der Waals surface area contributed by atoms with Gasteiger partial charge in [-0.3, -0.25) is 4.99 Å². The van der Waals surface area contributed by atoms with Crippen LogP contribution >= 0.6 is 38.5 Å². The molecule has 0 saturated heterocycles. The van der Waals surface area contributed by atoms with Crippen LogP contribution in [0, 0.1) is 17.4 Å². The molecule has 0 saturated carbocycles. The molecule has 150 valence electrons. The van der Waals surface area contributed by atoms with E-state index in [2.05, 4.69) is 69.5 Å². The van der Waals surface area contributed by atoms with Crippen molar-refractivity contribution in [3.05, 3.63) is 84.9 Å². The summed E-state index contributed by atoms with van der Waals surface area (Å²) in [5.74, 6) is 1.50. The van der Waals surface area contributed by atoms with Crippen molar-refractivity contribution in [3.8, 4) is 11.5 Å². The van der Waals surface area contributed by atoms with E-state index in [9.17, 15) is 0 Å². The Morgan fingerprint density at radius 2 is 1.79 bits per heavy atom. The molecule has 0 aliphatic heterocycles. The van der Waals surface area contributed by atoms with Crippen LogP contribution < -0.4 is 9.47 Å². The molecule has 0 fully saturated rings. The minimum atomic E-state index is 0.485. The third-order valence-corrected chi connectivity index (χ3v) is 5.89. The Hall–Kier alpha value is -1.86. The molecule has 3 aromatic rings. The Balaban J connectivity index is 1.84. The third-order valence-electron chi connectivity index (χ3n) is 4.56. The number of rotatable bonds is 7. The van der Waals surface area contributed by atoms with E-state index in [1.165, 1.54) is 11.1 Å². The van der Waals surface area contributed by atoms with Gasteiger partial charge in [0.05, 0.1) is 15.9 Å². The van der Waals surface area contributed by atoms with Crippen molar-refractivity contribution in [1.29, 1.82) is 0 Å². The minimum Gasteiger partial charge on any atom is -0.490 e. The van der Waals surface area contributed by atoms with Crippen LogP contribution in [-0.4, -0.2) is 12.8 Å². The summed E-state index contributed by atoms with van der Waals surface area (Å²) in [7, 11) is 0. The van der Waals surface area contributed by atoms with E-state index in [0.29, 0.717) is 13.2 Å². The summed E-state index contributed by atoms with van der Waals surface area (Å²) in [6.07, 6.45) is 1.88. The minimum absolute atomic E-state index is 0.485. The first-order valence-electron chi connectivity index (χ1n) is 9.41. The molecule has 0 amide bonds. The van der Waals surface area contributed by atoms with Crippen LogP contribution in [0.15, 0.2) is 64.1 Å². The Morgan fingerprint density at radius 1 is 1.03 bits per heavy atom. The van der Waals surface area contributed by atoms with Crippen LogP contribution in [0.4, 0.5) is 5.69 Å². The van der Waals surface area contributed by atoms with E-state index in [1.54, 1.807) is 0 Å². The van der Waals surface area contributed by atoms with Crippen molar-refractivity contribution in [2.24, 2.45) is 4.99 Å². The van der Waals surface area contributed by atoms with E-state index < -0.39 is 0 Å². The van der Waals surface area contributed by atoms with E-state index in [0.717, 1.165) is 36.4 Å². The average Bonchev–Trinajstić information content (AvgIpc) is 2.70. The predicted molar refractivity (Wildman–Crippen MR) is 132 cm³/mol. The van der Waals surface area contributed by atoms with E-state index in [1.807, 2.05) is 55.6 Å². The Kier molecular flexibility index (Phi) is 7.72. The van der Waals surface area contributed by atoms with Crippen LogP contribution in [0.3, 0.4) is 0 Å². The first-order valence-corrected chi connectivity index (χ1v) is 11.3. The Labute approximate surface area is 194 Å². The molecule has 0 radical (unpaired) electrons. The zero-order valence-corrected chi connectivity index (χ0v) is 20.5. The number of halogens is 2. The molecular weight excluding hydrogens is 541 g/mol. The van der Waals surface area contributed by atoms with Crippen LogP contribution in [0.25, 0.3) is 0 Å². The molecule has 3 rings (SSSR count). The Bertz CT molecular complexity index is 1020. The molecule has 3 nitrogen and oxygen atoms in total. The highest BCUT2D eigenvalue weighted by Crippen LogP contribution is 2.35. The van der Waals surface area contributed by atoms with Gasteiger partial charge in [0, 0.05) is 10.7 Å². The summed E-state index contributed by atoms with van der Waals surface area (Å²) < 4.78 is 14.0. The lowest BCUT2D eigenvalue weighted by atomic mass is 10.1. The van der Waals surface area contributed by atoms with Gasteiger partial charge in [-0.15, -0.1) is 0 Å². The molecule has 0 unspecified atom stereocenters. The monoisotopic (exact) mass is 563 g/mol. The topological polar surface area (TPSA) is 30.8 Å². The second-order valence-corrected chi connectivity index (χ2v) is 8.73. The number of ether oxygens (including phenoxy) is 2. The van der Waals surface area contributed by atoms with Gasteiger partial charge in [-0.1, -0.05) is 40.2 Å². The average molecular weight is 564 g/mol. The molecule has 0 N–H and O–H groups in total. The third kappa shape index (κ3) is 5.82. The summed E-state index contributed by atoms with van der Waals surface area (Å²) in [5.41, 5.74) is 5.49. The summed E-state index contributed by atoms with van der Waals surface area (Å²) in [5, 5.41) is 0. The van der Waals surface area contributed by atoms with Gasteiger partial charge >= 0.3 is 0 Å². The molecule has 3 aromatic carbocycles. The van der Waals surface area contributed by atoms with Crippen LogP contribution in [0.5, 0.6) is 11.5 Å². The van der Waals surface area contributed by atoms with E-state index in [-0.39, 0.29) is 0 Å². The van der Waals surface area contributed by atoms with E-state index >= 15 is 0 Å². The molecule has 0 spiro atoms. The van der Waals surface area contributed by atoms with Gasteiger partial charge in [-0.25, -0.2) is 0 Å². The number of benzene rings is 3. The molecular formula is C24H23BrINO2. The number of hydrogen-bond acceptors (Lipinski definition) is 3. The molecule has 0 atom stereocenters. The quantitative estimate of drug-likeness (QED) is 0.221. The maximum atomic E-state index is 6.11. The molecule has 29 heavy (non-hydrogen) atoms. The maximum absolute atomic E-state index is 6.11. The van der Waals surface area contributed by atoms with Crippen molar-refractivity contribution < 1.29 is 9.47 Å². The molecule has 0 bridgehead atoms. The highest BCUT2D eigenvalue weighted by molar-refractivity contribution is 14.1. The van der Waals surface area contributed by atoms with Gasteiger partial charge in [0.1, 0.15) is 6.61 Å². The van der Waals surface area contributed by atoms with E-state index in [4.69, 9.17) is 9.47 Å². The van der Waals surface area contributed by atoms with Gasteiger partial charge < -0.3 is 9.47 Å². The highest BCUT2D eigenvalue weighted by Gasteiger charge is 2.12. The lowest BCUT2D eigenvalue weighted by Gasteiger charge is -2.15. The summed E-state index contributed by atoms with van der Waals surface area (Å²) in [6, 6.07) is 18.3. The largest absolute Gasteiger partial charge is 0.490 e. The second-order valence-electron chi connectivity index (χ2n) is 6.66. The standard InChI is InChI=1S/C24H23BrINO2/c1-4-28-23-13-19(14-27-22-7-5-6-16(2)17(22)3)12-21(26)24(23)29-15-18-8-10-20(25)11-9-18/h5-14H,4,15H2,1-3H3. The number of hydrogen-bond donors (Lipinski definition) is 0. The lowest BCUT2D eigenvalue weighted by Crippen LogP contribution is -2.02. The fourth-order valence-corrected chi connectivity index (χ4v) is 3.87. The summed E-state index contributed by atoms with van der Waals surface area (Å²) >= 11 is 5.75. The SMILES string of the molecule is CCOc1cc(C=Nc2cccc(C)c2C)cc(I)c1OCc1ccc(Br)cc1. The molecule has 5 heteroatoms. The van der Waals surface area contributed by atoms with Gasteiger partial charge in [-0.2, -0.15) is 0 Å². The summed E-state index contributed by atoms with van der Waals surface area (Å²) in [6.45, 7) is 7.22. The highest BCUT2D eigenvalue weighted by atomic mass is 127. The fraction of sp³-hybridized carbons (Fsp3) is 0.208. The first kappa shape index (κ1) is 21.8. The van der Waals surface area contributed by atoms with Gasteiger partial charge in [0.15, 0.2) is 11.5 Å². The molecule has 0 heterocycles. The summed E-state index contributed by atoms with van der Waals surface area (Å²) in [4.78, 5) is 4.68. The van der Waals surface area contributed by atoms with Gasteiger partial charge in [-0.05, 0) is 95.9 Å². The first-order chi connectivity index (χ1) is 14.0. The number of aliphatic imine (C=N–C) groups is 1.